The molecule has 0 aliphatic heterocycles. The Balaban J connectivity index is 4.71. The van der Waals surface area contributed by atoms with Crippen LogP contribution < -0.4 is 31.3 Å². The van der Waals surface area contributed by atoms with Gasteiger partial charge in [-0.15, -0.1) is 0 Å². The van der Waals surface area contributed by atoms with Gasteiger partial charge in [0.15, 0.2) is 0 Å². The molecular weight excluding hydrogens is 432 g/mol. The molecule has 1 aromatic carbocycles. The Labute approximate surface area is 220 Å². The van der Waals surface area contributed by atoms with Crippen LogP contribution in [0.15, 0.2) is 0 Å². The van der Waals surface area contributed by atoms with Crippen molar-refractivity contribution in [2.45, 2.75) is 83.1 Å². The fourth-order valence-corrected chi connectivity index (χ4v) is 3.19. The van der Waals surface area contributed by atoms with E-state index in [-0.39, 0.29) is 0 Å². The molecule has 0 saturated carbocycles. The molecule has 180 valence electrons. The minimum atomic E-state index is 0.888. The van der Waals surface area contributed by atoms with Crippen LogP contribution in [0.2, 0.25) is 0 Å². The van der Waals surface area contributed by atoms with Gasteiger partial charge >= 0.3 is 0 Å². The zero-order valence-corrected chi connectivity index (χ0v) is 24.0. The van der Waals surface area contributed by atoms with E-state index >= 15 is 0 Å². The normalized spacial score (nSPS) is 8.33. The largest absolute Gasteiger partial charge is 0.0595 e. The van der Waals surface area contributed by atoms with E-state index in [0.29, 0.717) is 0 Å². The zero-order chi connectivity index (χ0) is 27.4. The molecule has 0 N–H and O–H groups in total. The van der Waals surface area contributed by atoms with Gasteiger partial charge < -0.3 is 0 Å². The van der Waals surface area contributed by atoms with Crippen LogP contribution in [0.5, 0.6) is 0 Å². The summed E-state index contributed by atoms with van der Waals surface area (Å²) < 4.78 is 0. The van der Waals surface area contributed by atoms with Crippen molar-refractivity contribution < 1.29 is 0 Å². The van der Waals surface area contributed by atoms with Crippen molar-refractivity contribution in [3.05, 3.63) is 104 Å². The van der Waals surface area contributed by atoms with E-state index in [1.165, 1.54) is 0 Å². The second-order valence-corrected chi connectivity index (χ2v) is 9.75. The minimum Gasteiger partial charge on any atom is -0.0595 e. The van der Waals surface area contributed by atoms with Crippen molar-refractivity contribution in [3.8, 4) is 0 Å². The first kappa shape index (κ1) is 29.8. The van der Waals surface area contributed by atoms with Gasteiger partial charge in [0.2, 0.25) is 0 Å². The number of hydrogen-bond donors (Lipinski definition) is 0. The maximum absolute atomic E-state index is 3.24. The molecule has 0 heteroatoms. The molecule has 0 aliphatic rings. The third-order valence-electron chi connectivity index (χ3n) is 5.06. The summed E-state index contributed by atoms with van der Waals surface area (Å²) in [7, 11) is 0. The molecule has 0 saturated heterocycles. The lowest BCUT2D eigenvalue weighted by Gasteiger charge is -1.89. The van der Waals surface area contributed by atoms with E-state index in [4.69, 9.17) is 0 Å². The Bertz CT molecular complexity index is 1200. The van der Waals surface area contributed by atoms with Gasteiger partial charge in [0.25, 0.3) is 0 Å². The quantitative estimate of drug-likeness (QED) is 0.543. The smallest absolute Gasteiger partial charge is 0.0398 e. The van der Waals surface area contributed by atoms with Crippen molar-refractivity contribution in [1.82, 2.24) is 0 Å². The van der Waals surface area contributed by atoms with E-state index in [9.17, 15) is 0 Å². The first-order valence-corrected chi connectivity index (χ1v) is 12.0. The van der Waals surface area contributed by atoms with E-state index in [2.05, 4.69) is 72.8 Å². The van der Waals surface area contributed by atoms with Crippen molar-refractivity contribution in [2.24, 2.45) is 0 Å². The monoisotopic (exact) mass is 468 g/mol. The van der Waals surface area contributed by atoms with Crippen LogP contribution in [0.3, 0.4) is 0 Å². The SMILES string of the molecule is CC(C)=c1c#cc#cc(=C(C)C)c(=C(C)C)c#cc#cc(=C(C)C)c(=C(C)C)c#cc#cc1=C(C)C. The average molecular weight is 469 g/mol. The van der Waals surface area contributed by atoms with Crippen molar-refractivity contribution in [3.63, 3.8) is 0 Å². The first-order valence-electron chi connectivity index (χ1n) is 12.0. The maximum Gasteiger partial charge on any atom is 0.0398 e. The first-order chi connectivity index (χ1) is 16.9. The molecule has 1 rings (SSSR count). The predicted molar refractivity (Wildman–Crippen MR) is 152 cm³/mol. The molecule has 1 aromatic rings. The van der Waals surface area contributed by atoms with Crippen molar-refractivity contribution in [1.29, 1.82) is 0 Å². The van der Waals surface area contributed by atoms with Gasteiger partial charge in [-0.25, -0.2) is 0 Å². The van der Waals surface area contributed by atoms with Crippen LogP contribution >= 0.6 is 0 Å². The summed E-state index contributed by atoms with van der Waals surface area (Å²) in [5.74, 6) is 0. The lowest BCUT2D eigenvalue weighted by molar-refractivity contribution is 1.41. The minimum absolute atomic E-state index is 0.888. The topological polar surface area (TPSA) is 0 Å². The molecular formula is C36H36. The van der Waals surface area contributed by atoms with Crippen LogP contribution in [0.4, 0.5) is 0 Å². The van der Waals surface area contributed by atoms with Crippen LogP contribution in [0.25, 0.3) is 33.4 Å². The third-order valence-corrected chi connectivity index (χ3v) is 5.06. The molecule has 0 amide bonds. The fraction of sp³-hybridized carbons (Fsp3) is 0.333. The summed E-state index contributed by atoms with van der Waals surface area (Å²) >= 11 is 0. The Kier molecular flexibility index (Phi) is 11.8. The van der Waals surface area contributed by atoms with Crippen molar-refractivity contribution in [2.75, 3.05) is 0 Å². The van der Waals surface area contributed by atoms with Gasteiger partial charge in [0.1, 0.15) is 0 Å². The van der Waals surface area contributed by atoms with E-state index in [0.717, 1.165) is 64.8 Å². The summed E-state index contributed by atoms with van der Waals surface area (Å²) in [5.41, 5.74) is 6.51. The highest BCUT2D eigenvalue weighted by atomic mass is 13.9. The third kappa shape index (κ3) is 8.87. The van der Waals surface area contributed by atoms with Crippen LogP contribution in [-0.4, -0.2) is 0 Å². The standard InChI is InChI=1S/C36H36/c1-25(2)31-19-13-14-21-33(27(5)6)35(29(9)10)23-17-18-24-36(30(11)12)34(28(7)8)22-16-15-20-32(31)26(3)4/h1-12H3. The highest BCUT2D eigenvalue weighted by Crippen LogP contribution is 1.85. The molecule has 0 bridgehead atoms. The lowest BCUT2D eigenvalue weighted by atomic mass is 10.1. The summed E-state index contributed by atoms with van der Waals surface area (Å²) in [6, 6.07) is 37.7. The van der Waals surface area contributed by atoms with E-state index in [1.54, 1.807) is 0 Å². The molecule has 0 aromatic heterocycles. The molecule has 0 unspecified atom stereocenters. The van der Waals surface area contributed by atoms with Gasteiger partial charge in [0.05, 0.1) is 0 Å². The molecule has 0 nitrogen and oxygen atoms in total. The van der Waals surface area contributed by atoms with Gasteiger partial charge in [0, 0.05) is 31.3 Å². The average Bonchev–Trinajstić information content (AvgIpc) is 2.76. The fourth-order valence-electron chi connectivity index (χ4n) is 3.19. The highest BCUT2D eigenvalue weighted by Gasteiger charge is 1.88. The Morgan fingerprint density at radius 2 is 0.361 bits per heavy atom. The second-order valence-electron chi connectivity index (χ2n) is 9.75. The Morgan fingerprint density at radius 1 is 0.250 bits per heavy atom. The summed E-state index contributed by atoms with van der Waals surface area (Å²) in [5, 5.41) is 5.33. The van der Waals surface area contributed by atoms with Gasteiger partial charge in [-0.2, -0.15) is 0 Å². The summed E-state index contributed by atoms with van der Waals surface area (Å²) in [6.07, 6.45) is 0. The van der Waals surface area contributed by atoms with Crippen molar-refractivity contribution >= 4 is 33.4 Å². The Morgan fingerprint density at radius 3 is 0.444 bits per heavy atom. The maximum atomic E-state index is 3.24. The number of hydrogen-bond acceptors (Lipinski definition) is 0. The van der Waals surface area contributed by atoms with Gasteiger partial charge in [-0.05, 0) is 119 Å². The molecule has 0 atom stereocenters. The summed E-state index contributed by atoms with van der Waals surface area (Å²) in [4.78, 5) is 0. The molecule has 0 radical (unpaired) electrons. The van der Waals surface area contributed by atoms with E-state index < -0.39 is 0 Å². The highest BCUT2D eigenvalue weighted by molar-refractivity contribution is 5.45. The summed E-state index contributed by atoms with van der Waals surface area (Å²) in [6.45, 7) is 24.5. The second kappa shape index (κ2) is 14.3. The zero-order valence-electron chi connectivity index (χ0n) is 24.0. The van der Waals surface area contributed by atoms with Gasteiger partial charge in [-0.3, -0.25) is 0 Å². The van der Waals surface area contributed by atoms with Crippen LogP contribution in [0.1, 0.15) is 83.1 Å². The molecule has 36 heavy (non-hydrogen) atoms. The van der Waals surface area contributed by atoms with E-state index in [1.807, 2.05) is 83.1 Å². The number of rotatable bonds is 0. The van der Waals surface area contributed by atoms with Crippen LogP contribution in [-0.2, 0) is 0 Å². The van der Waals surface area contributed by atoms with Gasteiger partial charge in [-0.1, -0.05) is 69.8 Å². The predicted octanol–water partition coefficient (Wildman–Crippen LogP) is 3.81. The molecule has 0 heterocycles. The molecule has 0 fully saturated rings. The lowest BCUT2D eigenvalue weighted by Crippen LogP contribution is -2.25. The molecule has 0 aliphatic carbocycles. The van der Waals surface area contributed by atoms with Crippen LogP contribution in [0, 0.1) is 72.8 Å². The Hall–Kier alpha value is -4.20. The molecule has 0 spiro atoms.